The van der Waals surface area contributed by atoms with Crippen molar-refractivity contribution in [1.82, 2.24) is 10.3 Å². The second kappa shape index (κ2) is 7.81. The number of hydrogen-bond acceptors (Lipinski definition) is 5. The van der Waals surface area contributed by atoms with E-state index in [9.17, 15) is 4.79 Å². The number of nitrogens with one attached hydrogen (secondary N) is 2. The van der Waals surface area contributed by atoms with E-state index >= 15 is 0 Å². The molecule has 1 aliphatic rings. The van der Waals surface area contributed by atoms with Crippen LogP contribution in [0.5, 0.6) is 0 Å². The van der Waals surface area contributed by atoms with Crippen LogP contribution in [0.25, 0.3) is 0 Å². The lowest BCUT2D eigenvalue weighted by Crippen LogP contribution is -2.32. The van der Waals surface area contributed by atoms with Crippen LogP contribution in [0, 0.1) is 0 Å². The zero-order valence-electron chi connectivity index (χ0n) is 11.7. The average molecular weight is 279 g/mol. The van der Waals surface area contributed by atoms with E-state index in [1.54, 1.807) is 19.4 Å². The third-order valence-corrected chi connectivity index (χ3v) is 3.15. The minimum atomic E-state index is -0.163. The monoisotopic (exact) mass is 279 g/mol. The van der Waals surface area contributed by atoms with Gasteiger partial charge in [-0.25, -0.2) is 4.98 Å². The summed E-state index contributed by atoms with van der Waals surface area (Å²) in [7, 11) is 1.65. The van der Waals surface area contributed by atoms with E-state index in [1.165, 1.54) is 0 Å². The second-order valence-electron chi connectivity index (χ2n) is 4.70. The van der Waals surface area contributed by atoms with Crippen LogP contribution in [0.1, 0.15) is 23.3 Å². The molecule has 2 N–H and O–H groups in total. The third-order valence-electron chi connectivity index (χ3n) is 3.15. The summed E-state index contributed by atoms with van der Waals surface area (Å²) in [5.74, 6) is -0.163. The van der Waals surface area contributed by atoms with Crippen molar-refractivity contribution in [3.63, 3.8) is 0 Å². The Balaban J connectivity index is 1.77. The number of carbonyl (C=O) groups excluding carboxylic acids is 1. The van der Waals surface area contributed by atoms with Gasteiger partial charge >= 0.3 is 0 Å². The number of amides is 1. The van der Waals surface area contributed by atoms with Gasteiger partial charge in [0.15, 0.2) is 0 Å². The molecule has 1 aliphatic heterocycles. The zero-order chi connectivity index (χ0) is 14.2. The summed E-state index contributed by atoms with van der Waals surface area (Å²) in [4.78, 5) is 16.0. The van der Waals surface area contributed by atoms with Gasteiger partial charge in [0.2, 0.25) is 0 Å². The Morgan fingerprint density at radius 2 is 2.45 bits per heavy atom. The summed E-state index contributed by atoms with van der Waals surface area (Å²) in [6, 6.07) is 3.55. The number of aromatic nitrogens is 1. The summed E-state index contributed by atoms with van der Waals surface area (Å²) >= 11 is 0. The molecular formula is C14H21N3O3. The van der Waals surface area contributed by atoms with Crippen molar-refractivity contribution in [2.45, 2.75) is 18.9 Å². The maximum atomic E-state index is 11.9. The quantitative estimate of drug-likeness (QED) is 0.730. The Labute approximate surface area is 118 Å². The lowest BCUT2D eigenvalue weighted by atomic mass is 10.2. The predicted octanol–water partition coefficient (Wildman–Crippen LogP) is 1.05. The van der Waals surface area contributed by atoms with Crippen molar-refractivity contribution in [1.29, 1.82) is 0 Å². The van der Waals surface area contributed by atoms with E-state index in [-0.39, 0.29) is 12.0 Å². The summed E-state index contributed by atoms with van der Waals surface area (Å²) in [5.41, 5.74) is 1.29. The Morgan fingerprint density at radius 1 is 1.55 bits per heavy atom. The van der Waals surface area contributed by atoms with E-state index < -0.39 is 0 Å². The van der Waals surface area contributed by atoms with Gasteiger partial charge in [-0.3, -0.25) is 4.79 Å². The highest BCUT2D eigenvalue weighted by atomic mass is 16.5. The molecule has 0 bridgehead atoms. The van der Waals surface area contributed by atoms with E-state index in [0.717, 1.165) is 25.1 Å². The smallest absolute Gasteiger partial charge is 0.269 e. The van der Waals surface area contributed by atoms with Crippen molar-refractivity contribution in [3.05, 3.63) is 24.0 Å². The number of anilines is 1. The molecule has 2 heterocycles. The Hall–Kier alpha value is -1.66. The first-order valence-electron chi connectivity index (χ1n) is 6.88. The van der Waals surface area contributed by atoms with Crippen LogP contribution in [0.15, 0.2) is 18.3 Å². The molecule has 1 aromatic rings. The minimum Gasteiger partial charge on any atom is -0.383 e. The summed E-state index contributed by atoms with van der Waals surface area (Å²) in [6.07, 6.45) is 3.88. The van der Waals surface area contributed by atoms with Gasteiger partial charge in [-0.15, -0.1) is 0 Å². The fourth-order valence-corrected chi connectivity index (χ4v) is 2.03. The molecule has 110 valence electrons. The molecule has 1 fully saturated rings. The highest BCUT2D eigenvalue weighted by Crippen LogP contribution is 2.11. The first kappa shape index (κ1) is 14.7. The SMILES string of the molecule is COCCNc1ccc(C(=O)NCC2CCCO2)nc1. The second-order valence-corrected chi connectivity index (χ2v) is 4.70. The molecule has 0 saturated carbocycles. The number of rotatable bonds is 7. The Kier molecular flexibility index (Phi) is 5.76. The number of nitrogens with zero attached hydrogens (tertiary/aromatic N) is 1. The van der Waals surface area contributed by atoms with Gasteiger partial charge in [-0.1, -0.05) is 0 Å². The molecule has 20 heavy (non-hydrogen) atoms. The largest absolute Gasteiger partial charge is 0.383 e. The van der Waals surface area contributed by atoms with Gasteiger partial charge < -0.3 is 20.1 Å². The maximum absolute atomic E-state index is 11.9. The molecule has 1 amide bonds. The summed E-state index contributed by atoms with van der Waals surface area (Å²) in [6.45, 7) is 2.68. The standard InChI is InChI=1S/C14H21N3O3/c1-19-8-6-15-11-4-5-13(16-9-11)14(18)17-10-12-3-2-7-20-12/h4-5,9,12,15H,2-3,6-8,10H2,1H3,(H,17,18). The van der Waals surface area contributed by atoms with Gasteiger partial charge in [0.25, 0.3) is 5.91 Å². The molecule has 0 aliphatic carbocycles. The Morgan fingerprint density at radius 3 is 3.10 bits per heavy atom. The topological polar surface area (TPSA) is 72.5 Å². The van der Waals surface area contributed by atoms with E-state index in [2.05, 4.69) is 15.6 Å². The molecule has 0 aromatic carbocycles. The maximum Gasteiger partial charge on any atom is 0.269 e. The summed E-state index contributed by atoms with van der Waals surface area (Å²) < 4.78 is 10.4. The molecule has 6 heteroatoms. The molecule has 1 unspecified atom stereocenters. The van der Waals surface area contributed by atoms with E-state index in [1.807, 2.05) is 6.07 Å². The van der Waals surface area contributed by atoms with Crippen molar-refractivity contribution < 1.29 is 14.3 Å². The molecule has 2 rings (SSSR count). The van der Waals surface area contributed by atoms with Crippen LogP contribution in [0.3, 0.4) is 0 Å². The number of pyridine rings is 1. The Bertz CT molecular complexity index is 416. The predicted molar refractivity (Wildman–Crippen MR) is 75.9 cm³/mol. The van der Waals surface area contributed by atoms with Gasteiger partial charge in [0.1, 0.15) is 5.69 Å². The normalized spacial score (nSPS) is 17.9. The first-order chi connectivity index (χ1) is 9.79. The molecule has 1 atom stereocenters. The van der Waals surface area contributed by atoms with Gasteiger partial charge in [-0.05, 0) is 25.0 Å². The number of carbonyl (C=O) groups is 1. The van der Waals surface area contributed by atoms with Crippen molar-refractivity contribution in [2.75, 3.05) is 38.7 Å². The van der Waals surface area contributed by atoms with Gasteiger partial charge in [0.05, 0.1) is 24.6 Å². The van der Waals surface area contributed by atoms with Crippen LogP contribution < -0.4 is 10.6 Å². The number of methoxy groups -OCH3 is 1. The van der Waals surface area contributed by atoms with Crippen LogP contribution in [0.2, 0.25) is 0 Å². The van der Waals surface area contributed by atoms with Crippen molar-refractivity contribution in [3.8, 4) is 0 Å². The first-order valence-corrected chi connectivity index (χ1v) is 6.88. The highest BCUT2D eigenvalue weighted by Gasteiger charge is 2.16. The van der Waals surface area contributed by atoms with Crippen LogP contribution in [0.4, 0.5) is 5.69 Å². The average Bonchev–Trinajstić information content (AvgIpc) is 2.99. The lowest BCUT2D eigenvalue weighted by molar-refractivity contribution is 0.0854. The molecule has 0 radical (unpaired) electrons. The zero-order valence-corrected chi connectivity index (χ0v) is 11.7. The fourth-order valence-electron chi connectivity index (χ4n) is 2.03. The minimum absolute atomic E-state index is 0.147. The number of hydrogen-bond donors (Lipinski definition) is 2. The van der Waals surface area contributed by atoms with Crippen LogP contribution in [-0.2, 0) is 9.47 Å². The fraction of sp³-hybridized carbons (Fsp3) is 0.571. The third kappa shape index (κ3) is 4.47. The van der Waals surface area contributed by atoms with Crippen molar-refractivity contribution in [2.24, 2.45) is 0 Å². The van der Waals surface area contributed by atoms with Gasteiger partial charge in [-0.2, -0.15) is 0 Å². The van der Waals surface area contributed by atoms with Crippen LogP contribution in [-0.4, -0.2) is 50.4 Å². The van der Waals surface area contributed by atoms with Crippen molar-refractivity contribution >= 4 is 11.6 Å². The molecule has 6 nitrogen and oxygen atoms in total. The molecular weight excluding hydrogens is 258 g/mol. The van der Waals surface area contributed by atoms with E-state index in [0.29, 0.717) is 25.4 Å². The summed E-state index contributed by atoms with van der Waals surface area (Å²) in [5, 5.41) is 6.00. The van der Waals surface area contributed by atoms with Crippen LogP contribution >= 0.6 is 0 Å². The number of ether oxygens (including phenoxy) is 2. The van der Waals surface area contributed by atoms with E-state index in [4.69, 9.17) is 9.47 Å². The van der Waals surface area contributed by atoms with Gasteiger partial charge in [0, 0.05) is 26.8 Å². The molecule has 0 spiro atoms. The molecule has 1 aromatic heterocycles. The molecule has 1 saturated heterocycles. The lowest BCUT2D eigenvalue weighted by Gasteiger charge is -2.10. The highest BCUT2D eigenvalue weighted by molar-refractivity contribution is 5.92.